The van der Waals surface area contributed by atoms with E-state index in [0.717, 1.165) is 0 Å². The summed E-state index contributed by atoms with van der Waals surface area (Å²) < 4.78 is 87.2. The van der Waals surface area contributed by atoms with E-state index in [-0.39, 0.29) is 30.4 Å². The SMILES string of the molecule is CC(C)(C)OC(=O)CCOCCOCCOCCOCCOCCOCCOCCOCCOCCOCCNS(=O)(=O)c1cccc(Br)c1. The Kier molecular flexibility index (Phi) is 29.2. The third-order valence-corrected chi connectivity index (χ3v) is 7.82. The summed E-state index contributed by atoms with van der Waals surface area (Å²) in [7, 11) is -3.56. The van der Waals surface area contributed by atoms with Gasteiger partial charge in [0.15, 0.2) is 0 Å². The van der Waals surface area contributed by atoms with Crippen LogP contribution in [-0.4, -0.2) is 159 Å². The first kappa shape index (κ1) is 46.7. The van der Waals surface area contributed by atoms with Gasteiger partial charge in [0.05, 0.1) is 143 Å². The molecule has 1 N–H and O–H groups in total. The van der Waals surface area contributed by atoms with Crippen LogP contribution in [0.2, 0.25) is 0 Å². The van der Waals surface area contributed by atoms with Gasteiger partial charge in [0.2, 0.25) is 10.0 Å². The lowest BCUT2D eigenvalue weighted by Crippen LogP contribution is -2.27. The van der Waals surface area contributed by atoms with Gasteiger partial charge >= 0.3 is 5.97 Å². The highest BCUT2D eigenvalue weighted by Gasteiger charge is 2.16. The van der Waals surface area contributed by atoms with Gasteiger partial charge in [0, 0.05) is 11.0 Å². The number of esters is 1. The smallest absolute Gasteiger partial charge is 0.308 e. The van der Waals surface area contributed by atoms with Crippen molar-refractivity contribution in [1.29, 1.82) is 0 Å². The van der Waals surface area contributed by atoms with E-state index in [1.165, 1.54) is 6.07 Å². The van der Waals surface area contributed by atoms with E-state index in [4.69, 9.17) is 52.1 Å². The molecule has 0 saturated carbocycles. The van der Waals surface area contributed by atoms with Crippen LogP contribution in [0.1, 0.15) is 27.2 Å². The van der Waals surface area contributed by atoms with Crippen LogP contribution < -0.4 is 4.72 Å². The van der Waals surface area contributed by atoms with E-state index in [1.807, 2.05) is 20.8 Å². The second kappa shape index (κ2) is 31.2. The lowest BCUT2D eigenvalue weighted by Gasteiger charge is -2.19. The minimum atomic E-state index is -3.56. The van der Waals surface area contributed by atoms with Gasteiger partial charge in [-0.1, -0.05) is 22.0 Å². The van der Waals surface area contributed by atoms with Crippen molar-refractivity contribution < 1.29 is 65.3 Å². The first-order valence-corrected chi connectivity index (χ1v) is 19.1. The molecule has 0 aromatic heterocycles. The molecule has 0 aliphatic heterocycles. The lowest BCUT2D eigenvalue weighted by molar-refractivity contribution is -0.156. The van der Waals surface area contributed by atoms with Gasteiger partial charge in [0.1, 0.15) is 5.60 Å². The minimum Gasteiger partial charge on any atom is -0.460 e. The number of hydrogen-bond donors (Lipinski definition) is 1. The molecule has 0 atom stereocenters. The number of sulfonamides is 1. The molecule has 0 amide bonds. The van der Waals surface area contributed by atoms with Crippen molar-refractivity contribution >= 4 is 31.9 Å². The average Bonchev–Trinajstić information content (AvgIpc) is 3.06. The fraction of sp³-hybridized carbons (Fsp3) is 0.788. The second-order valence-corrected chi connectivity index (χ2v) is 14.0. The molecule has 17 heteroatoms. The Morgan fingerprint density at radius 2 is 0.920 bits per heavy atom. The van der Waals surface area contributed by atoms with E-state index < -0.39 is 15.6 Å². The Labute approximate surface area is 306 Å². The maximum atomic E-state index is 12.2. The van der Waals surface area contributed by atoms with Gasteiger partial charge in [-0.05, 0) is 39.0 Å². The van der Waals surface area contributed by atoms with Crippen molar-refractivity contribution in [2.24, 2.45) is 0 Å². The average molecular weight is 805 g/mol. The molecule has 0 spiro atoms. The van der Waals surface area contributed by atoms with Crippen LogP contribution in [-0.2, 0) is 66.9 Å². The Bertz CT molecular complexity index is 1060. The number of hydrogen-bond acceptors (Lipinski definition) is 14. The van der Waals surface area contributed by atoms with Crippen LogP contribution in [0.5, 0.6) is 0 Å². The van der Waals surface area contributed by atoms with E-state index in [0.29, 0.717) is 130 Å². The highest BCUT2D eigenvalue weighted by atomic mass is 79.9. The number of ether oxygens (including phenoxy) is 11. The monoisotopic (exact) mass is 803 g/mol. The zero-order valence-electron chi connectivity index (χ0n) is 29.9. The molecule has 1 aromatic carbocycles. The van der Waals surface area contributed by atoms with Crippen molar-refractivity contribution in [2.75, 3.05) is 139 Å². The van der Waals surface area contributed by atoms with Crippen LogP contribution >= 0.6 is 15.9 Å². The summed E-state index contributed by atoms with van der Waals surface area (Å²) in [4.78, 5) is 11.8. The molecule has 0 heterocycles. The summed E-state index contributed by atoms with van der Waals surface area (Å²) in [5.74, 6) is -0.272. The number of carbonyl (C=O) groups is 1. The van der Waals surface area contributed by atoms with Crippen molar-refractivity contribution in [3.05, 3.63) is 28.7 Å². The summed E-state index contributed by atoms with van der Waals surface area (Å²) in [6.45, 7) is 14.3. The van der Waals surface area contributed by atoms with Gasteiger partial charge in [-0.3, -0.25) is 4.79 Å². The van der Waals surface area contributed by atoms with Gasteiger partial charge in [-0.2, -0.15) is 0 Å². The van der Waals surface area contributed by atoms with E-state index in [9.17, 15) is 13.2 Å². The number of carbonyl (C=O) groups excluding carboxylic acids is 1. The topological polar surface area (TPSA) is 165 Å². The zero-order chi connectivity index (χ0) is 36.6. The summed E-state index contributed by atoms with van der Waals surface area (Å²) in [6, 6.07) is 6.50. The van der Waals surface area contributed by atoms with Crippen LogP contribution in [0.15, 0.2) is 33.6 Å². The summed E-state index contributed by atoms with van der Waals surface area (Å²) in [6.07, 6.45) is 0.224. The summed E-state index contributed by atoms with van der Waals surface area (Å²) in [5.41, 5.74) is -0.481. The summed E-state index contributed by atoms with van der Waals surface area (Å²) >= 11 is 3.27. The van der Waals surface area contributed by atoms with E-state index in [2.05, 4.69) is 20.7 Å². The van der Waals surface area contributed by atoms with Crippen LogP contribution in [0.3, 0.4) is 0 Å². The lowest BCUT2D eigenvalue weighted by atomic mass is 10.2. The molecule has 0 aliphatic carbocycles. The fourth-order valence-corrected chi connectivity index (χ4v) is 5.20. The number of nitrogens with one attached hydrogen (secondary N) is 1. The van der Waals surface area contributed by atoms with Gasteiger partial charge in [-0.25, -0.2) is 13.1 Å². The number of benzene rings is 1. The molecule has 0 aliphatic rings. The maximum Gasteiger partial charge on any atom is 0.308 e. The zero-order valence-corrected chi connectivity index (χ0v) is 32.3. The number of halogens is 1. The van der Waals surface area contributed by atoms with E-state index >= 15 is 0 Å². The molecule has 0 radical (unpaired) electrons. The molecule has 0 saturated heterocycles. The highest BCUT2D eigenvalue weighted by molar-refractivity contribution is 9.10. The Morgan fingerprint density at radius 1 is 0.580 bits per heavy atom. The van der Waals surface area contributed by atoms with Crippen molar-refractivity contribution in [3.63, 3.8) is 0 Å². The normalized spacial score (nSPS) is 12.1. The van der Waals surface area contributed by atoms with Crippen molar-refractivity contribution in [2.45, 2.75) is 37.7 Å². The predicted octanol–water partition coefficient (Wildman–Crippen LogP) is 2.63. The molecule has 292 valence electrons. The molecule has 0 unspecified atom stereocenters. The van der Waals surface area contributed by atoms with Crippen LogP contribution in [0.4, 0.5) is 0 Å². The molecule has 1 rings (SSSR count). The fourth-order valence-electron chi connectivity index (χ4n) is 3.60. The van der Waals surface area contributed by atoms with Gasteiger partial charge in [-0.15, -0.1) is 0 Å². The van der Waals surface area contributed by atoms with Gasteiger partial charge < -0.3 is 52.1 Å². The van der Waals surface area contributed by atoms with Crippen molar-refractivity contribution in [3.8, 4) is 0 Å². The molecule has 0 fully saturated rings. The quantitative estimate of drug-likeness (QED) is 0.0787. The Hall–Kier alpha value is -1.32. The van der Waals surface area contributed by atoms with Crippen LogP contribution in [0.25, 0.3) is 0 Å². The first-order valence-electron chi connectivity index (χ1n) is 16.8. The predicted molar refractivity (Wildman–Crippen MR) is 188 cm³/mol. The maximum absolute atomic E-state index is 12.2. The molecule has 1 aromatic rings. The standard InChI is InChI=1S/C33H58BrNO14S/c1-33(2,3)49-32(36)7-9-39-11-13-41-15-17-43-19-21-45-23-25-47-27-28-48-26-24-46-22-20-44-18-16-42-14-12-40-10-8-35-50(37,38)31-6-4-5-30(34)29-31/h4-6,29,35H,7-28H2,1-3H3. The van der Waals surface area contributed by atoms with Crippen LogP contribution in [0, 0.1) is 0 Å². The Balaban J connectivity index is 1.69. The third kappa shape index (κ3) is 30.3. The third-order valence-electron chi connectivity index (χ3n) is 5.86. The second-order valence-electron chi connectivity index (χ2n) is 11.3. The molecule has 15 nitrogen and oxygen atoms in total. The number of rotatable bonds is 35. The molecule has 50 heavy (non-hydrogen) atoms. The largest absolute Gasteiger partial charge is 0.460 e. The minimum absolute atomic E-state index is 0.171. The van der Waals surface area contributed by atoms with Gasteiger partial charge in [0.25, 0.3) is 0 Å². The molecule has 0 bridgehead atoms. The molecular weight excluding hydrogens is 746 g/mol. The molecular formula is C33H58BrNO14S. The first-order chi connectivity index (χ1) is 24.1. The highest BCUT2D eigenvalue weighted by Crippen LogP contribution is 2.15. The van der Waals surface area contributed by atoms with E-state index in [1.54, 1.807) is 18.2 Å². The summed E-state index contributed by atoms with van der Waals surface area (Å²) in [5, 5.41) is 0. The van der Waals surface area contributed by atoms with Crippen molar-refractivity contribution in [1.82, 2.24) is 4.72 Å². The Morgan fingerprint density at radius 3 is 1.26 bits per heavy atom.